The Morgan fingerprint density at radius 1 is 1.28 bits per heavy atom. The molecule has 0 aliphatic heterocycles. The van der Waals surface area contributed by atoms with Crippen LogP contribution in [0.4, 0.5) is 0 Å². The molecule has 3 heteroatoms. The second-order valence-electron chi connectivity index (χ2n) is 6.06. The lowest BCUT2D eigenvalue weighted by atomic mass is 9.91. The molecule has 0 aromatic heterocycles. The second-order valence-corrected chi connectivity index (χ2v) is 6.06. The molecular formula is C15H34N2O. The third-order valence-corrected chi connectivity index (χ3v) is 3.46. The van der Waals surface area contributed by atoms with Gasteiger partial charge in [0.15, 0.2) is 0 Å². The van der Waals surface area contributed by atoms with Crippen molar-refractivity contribution < 1.29 is 4.74 Å². The molecule has 0 rings (SSSR count). The van der Waals surface area contributed by atoms with Gasteiger partial charge in [-0.25, -0.2) is 0 Å². The fourth-order valence-corrected chi connectivity index (χ4v) is 2.13. The average Bonchev–Trinajstić information content (AvgIpc) is 2.33. The van der Waals surface area contributed by atoms with E-state index >= 15 is 0 Å². The highest BCUT2D eigenvalue weighted by molar-refractivity contribution is 4.79. The fraction of sp³-hybridized carbons (Fsp3) is 1.00. The number of hydrogen-bond acceptors (Lipinski definition) is 3. The largest absolute Gasteiger partial charge is 0.383 e. The summed E-state index contributed by atoms with van der Waals surface area (Å²) in [5.74, 6) is 0. The Balaban J connectivity index is 4.25. The molecule has 0 bridgehead atoms. The zero-order valence-electron chi connectivity index (χ0n) is 13.4. The van der Waals surface area contributed by atoms with Crippen LogP contribution < -0.4 is 5.32 Å². The molecule has 1 atom stereocenters. The molecule has 1 unspecified atom stereocenters. The minimum absolute atomic E-state index is 0.312. The Bertz CT molecular complexity index is 195. The highest BCUT2D eigenvalue weighted by Crippen LogP contribution is 2.18. The molecule has 0 aromatic rings. The first-order valence-electron chi connectivity index (χ1n) is 7.40. The predicted octanol–water partition coefficient (Wildman–Crippen LogP) is 2.76. The molecule has 0 aliphatic carbocycles. The topological polar surface area (TPSA) is 24.5 Å². The molecule has 110 valence electrons. The van der Waals surface area contributed by atoms with Gasteiger partial charge < -0.3 is 10.1 Å². The van der Waals surface area contributed by atoms with Gasteiger partial charge in [-0.05, 0) is 31.7 Å². The number of nitrogens with zero attached hydrogens (tertiary/aromatic N) is 1. The standard InChI is InChI=1S/C15H34N2O/c1-7-9-16-12-15(4,5)13-17(10-11-18-6)14(3)8-2/h14,16H,7-13H2,1-6H3. The SMILES string of the molecule is CCCNCC(C)(C)CN(CCOC)C(C)CC. The summed E-state index contributed by atoms with van der Waals surface area (Å²) >= 11 is 0. The summed E-state index contributed by atoms with van der Waals surface area (Å²) in [4.78, 5) is 2.55. The number of methoxy groups -OCH3 is 1. The third kappa shape index (κ3) is 8.06. The lowest BCUT2D eigenvalue weighted by Gasteiger charge is -2.36. The zero-order valence-corrected chi connectivity index (χ0v) is 13.4. The van der Waals surface area contributed by atoms with Gasteiger partial charge in [0, 0.05) is 32.8 Å². The fourth-order valence-electron chi connectivity index (χ4n) is 2.13. The van der Waals surface area contributed by atoms with Crippen molar-refractivity contribution in [2.24, 2.45) is 5.41 Å². The summed E-state index contributed by atoms with van der Waals surface area (Å²) in [6.07, 6.45) is 2.40. The molecule has 0 aliphatic rings. The van der Waals surface area contributed by atoms with Gasteiger partial charge in [-0.3, -0.25) is 4.90 Å². The van der Waals surface area contributed by atoms with Crippen molar-refractivity contribution >= 4 is 0 Å². The van der Waals surface area contributed by atoms with Crippen LogP contribution in [0, 0.1) is 5.41 Å². The molecule has 18 heavy (non-hydrogen) atoms. The van der Waals surface area contributed by atoms with E-state index in [9.17, 15) is 0 Å². The lowest BCUT2D eigenvalue weighted by Crippen LogP contribution is -2.45. The summed E-state index contributed by atoms with van der Waals surface area (Å²) in [5.41, 5.74) is 0.312. The Hall–Kier alpha value is -0.120. The summed E-state index contributed by atoms with van der Waals surface area (Å²) in [6, 6.07) is 0.630. The summed E-state index contributed by atoms with van der Waals surface area (Å²) in [7, 11) is 1.78. The van der Waals surface area contributed by atoms with Crippen molar-refractivity contribution in [3.05, 3.63) is 0 Å². The third-order valence-electron chi connectivity index (χ3n) is 3.46. The van der Waals surface area contributed by atoms with Gasteiger partial charge >= 0.3 is 0 Å². The molecule has 0 saturated heterocycles. The van der Waals surface area contributed by atoms with Crippen LogP contribution in [0.3, 0.4) is 0 Å². The normalized spacial score (nSPS) is 14.2. The number of nitrogens with one attached hydrogen (secondary N) is 1. The first-order chi connectivity index (χ1) is 8.46. The Morgan fingerprint density at radius 3 is 2.44 bits per heavy atom. The molecular weight excluding hydrogens is 224 g/mol. The van der Waals surface area contributed by atoms with E-state index in [-0.39, 0.29) is 0 Å². The molecule has 0 spiro atoms. The van der Waals surface area contributed by atoms with Gasteiger partial charge in [-0.15, -0.1) is 0 Å². The van der Waals surface area contributed by atoms with Gasteiger partial charge in [0.2, 0.25) is 0 Å². The summed E-state index contributed by atoms with van der Waals surface area (Å²) in [5, 5.41) is 3.54. The Kier molecular flexibility index (Phi) is 9.70. The molecule has 1 N–H and O–H groups in total. The van der Waals surface area contributed by atoms with Crippen molar-refractivity contribution in [3.8, 4) is 0 Å². The van der Waals surface area contributed by atoms with Crippen LogP contribution in [0.5, 0.6) is 0 Å². The van der Waals surface area contributed by atoms with Crippen LogP contribution in [0.15, 0.2) is 0 Å². The molecule has 0 amide bonds. The first-order valence-corrected chi connectivity index (χ1v) is 7.40. The number of rotatable bonds is 11. The van der Waals surface area contributed by atoms with Gasteiger partial charge in [0.05, 0.1) is 6.61 Å². The van der Waals surface area contributed by atoms with Crippen LogP contribution >= 0.6 is 0 Å². The first kappa shape index (κ1) is 17.9. The summed E-state index contributed by atoms with van der Waals surface area (Å²) < 4.78 is 5.22. The molecule has 0 saturated carbocycles. The van der Waals surface area contributed by atoms with Gasteiger partial charge in [-0.1, -0.05) is 27.7 Å². The second kappa shape index (κ2) is 9.76. The minimum atomic E-state index is 0.312. The van der Waals surface area contributed by atoms with E-state index < -0.39 is 0 Å². The molecule has 0 aromatic carbocycles. The maximum Gasteiger partial charge on any atom is 0.0589 e. The summed E-state index contributed by atoms with van der Waals surface area (Å²) in [6.45, 7) is 16.6. The number of ether oxygens (including phenoxy) is 1. The van der Waals surface area contributed by atoms with Crippen molar-refractivity contribution in [2.45, 2.75) is 53.5 Å². The van der Waals surface area contributed by atoms with Gasteiger partial charge in [0.1, 0.15) is 0 Å². The molecule has 3 nitrogen and oxygen atoms in total. The zero-order chi connectivity index (χ0) is 14.0. The highest BCUT2D eigenvalue weighted by Gasteiger charge is 2.23. The van der Waals surface area contributed by atoms with Crippen molar-refractivity contribution in [1.29, 1.82) is 0 Å². The van der Waals surface area contributed by atoms with E-state index in [1.54, 1.807) is 7.11 Å². The Morgan fingerprint density at radius 2 is 1.94 bits per heavy atom. The average molecular weight is 258 g/mol. The van der Waals surface area contributed by atoms with E-state index in [1.807, 2.05) is 0 Å². The van der Waals surface area contributed by atoms with Gasteiger partial charge in [-0.2, -0.15) is 0 Å². The van der Waals surface area contributed by atoms with Crippen molar-refractivity contribution in [2.75, 3.05) is 39.9 Å². The van der Waals surface area contributed by atoms with E-state index in [4.69, 9.17) is 4.74 Å². The molecule has 0 fully saturated rings. The monoisotopic (exact) mass is 258 g/mol. The number of hydrogen-bond donors (Lipinski definition) is 1. The van der Waals surface area contributed by atoms with Crippen LogP contribution in [0.25, 0.3) is 0 Å². The van der Waals surface area contributed by atoms with E-state index in [0.717, 1.165) is 32.8 Å². The van der Waals surface area contributed by atoms with Gasteiger partial charge in [0.25, 0.3) is 0 Å². The van der Waals surface area contributed by atoms with Crippen LogP contribution in [-0.4, -0.2) is 50.8 Å². The minimum Gasteiger partial charge on any atom is -0.383 e. The quantitative estimate of drug-likeness (QED) is 0.577. The molecule has 0 radical (unpaired) electrons. The Labute approximate surface area is 114 Å². The van der Waals surface area contributed by atoms with Crippen molar-refractivity contribution in [3.63, 3.8) is 0 Å². The molecule has 0 heterocycles. The van der Waals surface area contributed by atoms with E-state index in [1.165, 1.54) is 12.8 Å². The smallest absolute Gasteiger partial charge is 0.0589 e. The van der Waals surface area contributed by atoms with E-state index in [0.29, 0.717) is 11.5 Å². The van der Waals surface area contributed by atoms with Crippen molar-refractivity contribution in [1.82, 2.24) is 10.2 Å². The maximum atomic E-state index is 5.22. The van der Waals surface area contributed by atoms with Crippen LogP contribution in [0.2, 0.25) is 0 Å². The predicted molar refractivity (Wildman–Crippen MR) is 80.1 cm³/mol. The lowest BCUT2D eigenvalue weighted by molar-refractivity contribution is 0.0891. The van der Waals surface area contributed by atoms with Crippen LogP contribution in [-0.2, 0) is 4.74 Å². The van der Waals surface area contributed by atoms with E-state index in [2.05, 4.69) is 44.8 Å². The highest BCUT2D eigenvalue weighted by atomic mass is 16.5. The van der Waals surface area contributed by atoms with Crippen LogP contribution in [0.1, 0.15) is 47.5 Å². The maximum absolute atomic E-state index is 5.22.